The molecule has 0 radical (unpaired) electrons. The molecule has 3 aromatic rings. The van der Waals surface area contributed by atoms with E-state index in [-0.39, 0.29) is 5.97 Å². The minimum Gasteiger partial charge on any atom is -0.497 e. The number of carbonyl (C=O) groups excluding carboxylic acids is 1. The van der Waals surface area contributed by atoms with Gasteiger partial charge in [-0.3, -0.25) is 0 Å². The monoisotopic (exact) mass is 422 g/mol. The first-order valence-corrected chi connectivity index (χ1v) is 10.8. The smallest absolute Gasteiger partial charge is 0.341 e. The zero-order valence-electron chi connectivity index (χ0n) is 15.1. The molecule has 0 atom stereocenters. The number of rotatable bonds is 8. The van der Waals surface area contributed by atoms with Crippen LogP contribution in [0, 0.1) is 6.92 Å². The summed E-state index contributed by atoms with van der Waals surface area (Å²) in [4.78, 5) is 11.6. The van der Waals surface area contributed by atoms with Crippen molar-refractivity contribution >= 4 is 40.8 Å². The second-order valence-electron chi connectivity index (χ2n) is 5.43. The highest BCUT2D eigenvalue weighted by atomic mass is 32.2. The number of carbonyl (C=O) groups is 1. The van der Waals surface area contributed by atoms with E-state index in [1.54, 1.807) is 43.2 Å². The Morgan fingerprint density at radius 3 is 2.41 bits per heavy atom. The predicted molar refractivity (Wildman–Crippen MR) is 107 cm³/mol. The highest BCUT2D eigenvalue weighted by Crippen LogP contribution is 2.33. The van der Waals surface area contributed by atoms with Crippen LogP contribution < -0.4 is 4.74 Å². The fraction of sp³-hybridized carbons (Fsp3) is 0.278. The number of aryl methyl sites for hydroxylation is 1. The Hall–Kier alpha value is -1.97. The Morgan fingerprint density at radius 2 is 1.78 bits per heavy atom. The Morgan fingerprint density at radius 1 is 1.11 bits per heavy atom. The van der Waals surface area contributed by atoms with Crippen LogP contribution in [0.25, 0.3) is 0 Å². The van der Waals surface area contributed by atoms with Crippen molar-refractivity contribution in [3.05, 3.63) is 53.0 Å². The lowest BCUT2D eigenvalue weighted by atomic mass is 10.2. The van der Waals surface area contributed by atoms with Crippen molar-refractivity contribution in [2.45, 2.75) is 27.1 Å². The highest BCUT2D eigenvalue weighted by Gasteiger charge is 2.16. The first-order valence-electron chi connectivity index (χ1n) is 7.98. The van der Waals surface area contributed by atoms with Crippen molar-refractivity contribution in [1.82, 2.24) is 10.2 Å². The minimum absolute atomic E-state index is 0.388. The molecular formula is C18H18N2O4S3. The molecule has 0 saturated heterocycles. The molecule has 0 spiro atoms. The molecule has 2 heterocycles. The van der Waals surface area contributed by atoms with Gasteiger partial charge in [0.05, 0.1) is 20.0 Å². The molecule has 0 saturated carbocycles. The summed E-state index contributed by atoms with van der Waals surface area (Å²) in [7, 11) is 3.01. The highest BCUT2D eigenvalue weighted by molar-refractivity contribution is 8.02. The Kier molecular flexibility index (Phi) is 6.81. The molecule has 27 heavy (non-hydrogen) atoms. The third-order valence-corrected chi connectivity index (χ3v) is 6.90. The van der Waals surface area contributed by atoms with Crippen LogP contribution in [0.2, 0.25) is 0 Å². The van der Waals surface area contributed by atoms with E-state index in [4.69, 9.17) is 13.9 Å². The maximum absolute atomic E-state index is 11.6. The van der Waals surface area contributed by atoms with Crippen LogP contribution in [0.15, 0.2) is 43.4 Å². The van der Waals surface area contributed by atoms with Crippen LogP contribution in [-0.4, -0.2) is 30.4 Å². The number of hydrogen-bond acceptors (Lipinski definition) is 9. The van der Waals surface area contributed by atoms with Gasteiger partial charge in [0.25, 0.3) is 0 Å². The van der Waals surface area contributed by atoms with Gasteiger partial charge in [-0.1, -0.05) is 47.0 Å². The number of hydrogen-bond donors (Lipinski definition) is 0. The van der Waals surface area contributed by atoms with Gasteiger partial charge in [0.2, 0.25) is 0 Å². The number of nitrogens with zero attached hydrogens (tertiary/aromatic N) is 2. The van der Waals surface area contributed by atoms with Gasteiger partial charge in [-0.25, -0.2) is 4.79 Å². The van der Waals surface area contributed by atoms with Gasteiger partial charge in [-0.05, 0) is 30.7 Å². The predicted octanol–water partition coefficient (Wildman–Crippen LogP) is 4.82. The van der Waals surface area contributed by atoms with Crippen LogP contribution in [-0.2, 0) is 16.2 Å². The average Bonchev–Trinajstić information content (AvgIpc) is 3.30. The number of furan rings is 1. The van der Waals surface area contributed by atoms with Gasteiger partial charge in [0, 0.05) is 5.75 Å². The van der Waals surface area contributed by atoms with Gasteiger partial charge >= 0.3 is 5.97 Å². The second-order valence-corrected chi connectivity index (χ2v) is 8.86. The third-order valence-electron chi connectivity index (χ3n) is 3.62. The van der Waals surface area contributed by atoms with Gasteiger partial charge in [-0.15, -0.1) is 10.2 Å². The summed E-state index contributed by atoms with van der Waals surface area (Å²) in [5, 5.41) is 8.43. The first kappa shape index (κ1) is 19.8. The van der Waals surface area contributed by atoms with E-state index in [0.29, 0.717) is 22.8 Å². The van der Waals surface area contributed by atoms with E-state index < -0.39 is 0 Å². The van der Waals surface area contributed by atoms with Crippen molar-refractivity contribution in [2.24, 2.45) is 0 Å². The molecule has 0 amide bonds. The van der Waals surface area contributed by atoms with Crippen molar-refractivity contribution < 1.29 is 18.7 Å². The molecule has 0 bridgehead atoms. The molecule has 9 heteroatoms. The molecule has 142 valence electrons. The molecule has 6 nitrogen and oxygen atoms in total. The second kappa shape index (κ2) is 9.29. The number of benzene rings is 1. The molecular weight excluding hydrogens is 404 g/mol. The molecule has 0 fully saturated rings. The summed E-state index contributed by atoms with van der Waals surface area (Å²) >= 11 is 4.73. The minimum atomic E-state index is -0.388. The lowest BCUT2D eigenvalue weighted by Crippen LogP contribution is -2.00. The lowest BCUT2D eigenvalue weighted by molar-refractivity contribution is 0.0599. The molecule has 1 aromatic carbocycles. The Bertz CT molecular complexity index is 906. The summed E-state index contributed by atoms with van der Waals surface area (Å²) in [6, 6.07) is 9.70. The van der Waals surface area contributed by atoms with E-state index in [2.05, 4.69) is 10.2 Å². The maximum atomic E-state index is 11.6. The maximum Gasteiger partial charge on any atom is 0.341 e. The number of ether oxygens (including phenoxy) is 2. The van der Waals surface area contributed by atoms with Crippen molar-refractivity contribution in [3.63, 3.8) is 0 Å². The van der Waals surface area contributed by atoms with Crippen LogP contribution >= 0.6 is 34.9 Å². The van der Waals surface area contributed by atoms with Gasteiger partial charge in [0.15, 0.2) is 8.68 Å². The normalized spacial score (nSPS) is 10.8. The Labute approximate surface area is 169 Å². The van der Waals surface area contributed by atoms with E-state index in [1.807, 2.05) is 24.3 Å². The number of methoxy groups -OCH3 is 2. The largest absolute Gasteiger partial charge is 0.497 e. The van der Waals surface area contributed by atoms with E-state index in [1.165, 1.54) is 24.4 Å². The zero-order valence-corrected chi connectivity index (χ0v) is 17.5. The molecule has 0 aliphatic rings. The van der Waals surface area contributed by atoms with Gasteiger partial charge in [0.1, 0.15) is 22.8 Å². The molecule has 0 unspecified atom stereocenters. The molecule has 0 aliphatic carbocycles. The molecule has 0 aliphatic heterocycles. The van der Waals surface area contributed by atoms with Crippen molar-refractivity contribution in [2.75, 3.05) is 14.2 Å². The van der Waals surface area contributed by atoms with Gasteiger partial charge in [-0.2, -0.15) is 0 Å². The summed E-state index contributed by atoms with van der Waals surface area (Å²) < 4.78 is 17.3. The van der Waals surface area contributed by atoms with Crippen LogP contribution in [0.3, 0.4) is 0 Å². The summed E-state index contributed by atoms with van der Waals surface area (Å²) in [5.41, 5.74) is 1.66. The zero-order chi connectivity index (χ0) is 19.2. The third kappa shape index (κ3) is 5.27. The molecule has 2 aromatic heterocycles. The molecule has 0 N–H and O–H groups in total. The van der Waals surface area contributed by atoms with Crippen LogP contribution in [0.1, 0.15) is 27.4 Å². The summed E-state index contributed by atoms with van der Waals surface area (Å²) in [5.74, 6) is 3.13. The Balaban J connectivity index is 1.52. The standard InChI is InChI=1S/C18H18N2O4S3/c1-11-15(16(21)23-3)8-14(24-11)10-26-18-20-19-17(27-18)25-9-12-4-6-13(22-2)7-5-12/h4-8H,9-10H2,1-3H3. The molecule has 3 rings (SSSR count). The average molecular weight is 423 g/mol. The topological polar surface area (TPSA) is 74.5 Å². The lowest BCUT2D eigenvalue weighted by Gasteiger charge is -2.01. The van der Waals surface area contributed by atoms with Crippen molar-refractivity contribution in [3.8, 4) is 5.75 Å². The SMILES string of the molecule is COC(=O)c1cc(CSc2nnc(SCc3ccc(OC)cc3)s2)oc1C. The summed E-state index contributed by atoms with van der Waals surface area (Å²) in [6.07, 6.45) is 0. The number of thioether (sulfide) groups is 2. The van der Waals surface area contributed by atoms with E-state index >= 15 is 0 Å². The fourth-order valence-electron chi connectivity index (χ4n) is 2.24. The number of aromatic nitrogens is 2. The summed E-state index contributed by atoms with van der Waals surface area (Å²) in [6.45, 7) is 1.75. The number of esters is 1. The van der Waals surface area contributed by atoms with Crippen molar-refractivity contribution in [1.29, 1.82) is 0 Å². The van der Waals surface area contributed by atoms with Crippen LogP contribution in [0.4, 0.5) is 0 Å². The van der Waals surface area contributed by atoms with E-state index in [9.17, 15) is 4.79 Å². The van der Waals surface area contributed by atoms with Gasteiger partial charge < -0.3 is 13.9 Å². The first-order chi connectivity index (χ1) is 13.1. The quantitative estimate of drug-likeness (QED) is 0.378. The fourth-order valence-corrected chi connectivity index (χ4v) is 5.10. The van der Waals surface area contributed by atoms with E-state index in [0.717, 1.165) is 20.2 Å². The van der Waals surface area contributed by atoms with Crippen LogP contribution in [0.5, 0.6) is 5.75 Å².